The van der Waals surface area contributed by atoms with Crippen molar-refractivity contribution >= 4 is 17.3 Å². The third-order valence-corrected chi connectivity index (χ3v) is 2.93. The number of nitrogens with one attached hydrogen (secondary N) is 2. The largest absolute Gasteiger partial charge is 0.378 e. The van der Waals surface area contributed by atoms with Crippen LogP contribution >= 0.6 is 0 Å². The van der Waals surface area contributed by atoms with Crippen LogP contribution in [-0.4, -0.2) is 34.0 Å². The van der Waals surface area contributed by atoms with Crippen LogP contribution in [0.25, 0.3) is 0 Å². The van der Waals surface area contributed by atoms with Gasteiger partial charge in [-0.05, 0) is 12.1 Å². The van der Waals surface area contributed by atoms with Crippen molar-refractivity contribution in [2.75, 3.05) is 18.9 Å². The molecule has 21 heavy (non-hydrogen) atoms. The first-order valence-corrected chi connectivity index (χ1v) is 6.32. The zero-order valence-electron chi connectivity index (χ0n) is 11.4. The number of hydrogen-bond donors (Lipinski definition) is 2. The monoisotopic (exact) mass is 289 g/mol. The van der Waals surface area contributed by atoms with Crippen LogP contribution in [0.3, 0.4) is 0 Å². The van der Waals surface area contributed by atoms with Crippen molar-refractivity contribution in [3.05, 3.63) is 52.6 Å². The Morgan fingerprint density at radius 2 is 2.29 bits per heavy atom. The van der Waals surface area contributed by atoms with Gasteiger partial charge in [0.15, 0.2) is 0 Å². The van der Waals surface area contributed by atoms with Gasteiger partial charge in [-0.15, -0.1) is 0 Å². The predicted molar refractivity (Wildman–Crippen MR) is 77.2 cm³/mol. The van der Waals surface area contributed by atoms with Crippen molar-refractivity contribution in [1.29, 1.82) is 0 Å². The molecule has 1 aromatic carbocycles. The Morgan fingerprint density at radius 3 is 2.90 bits per heavy atom. The molecule has 0 unspecified atom stereocenters. The van der Waals surface area contributed by atoms with Crippen molar-refractivity contribution < 1.29 is 9.72 Å². The second kappa shape index (κ2) is 6.51. The number of nitro benzene ring substituents is 1. The van der Waals surface area contributed by atoms with E-state index in [-0.39, 0.29) is 11.6 Å². The third kappa shape index (κ3) is 3.56. The van der Waals surface area contributed by atoms with Gasteiger partial charge >= 0.3 is 0 Å². The standard InChI is InChI=1S/C13H15N5O3/c1-14-13(19)10-2-3-12(18(20)21)11(8-10)16-5-7-17-6-4-15-9-17/h2-4,6,8-9,16H,5,7H2,1H3,(H,14,19). The molecule has 2 aromatic rings. The van der Waals surface area contributed by atoms with Crippen LogP contribution in [0.2, 0.25) is 0 Å². The summed E-state index contributed by atoms with van der Waals surface area (Å²) in [4.78, 5) is 26.0. The van der Waals surface area contributed by atoms with Crippen molar-refractivity contribution in [2.24, 2.45) is 0 Å². The minimum atomic E-state index is -0.479. The summed E-state index contributed by atoms with van der Waals surface area (Å²) >= 11 is 0. The van der Waals surface area contributed by atoms with Gasteiger partial charge in [0.05, 0.1) is 11.3 Å². The molecule has 0 aliphatic rings. The summed E-state index contributed by atoms with van der Waals surface area (Å²) in [5.41, 5.74) is 0.628. The van der Waals surface area contributed by atoms with Crippen molar-refractivity contribution in [3.8, 4) is 0 Å². The lowest BCUT2D eigenvalue weighted by Gasteiger charge is -2.09. The Labute approximate surface area is 121 Å². The third-order valence-electron chi connectivity index (χ3n) is 2.93. The maximum absolute atomic E-state index is 11.6. The smallest absolute Gasteiger partial charge is 0.292 e. The molecule has 1 aromatic heterocycles. The van der Waals surface area contributed by atoms with Crippen LogP contribution in [0.5, 0.6) is 0 Å². The number of carbonyl (C=O) groups is 1. The molecule has 2 rings (SSSR count). The number of amides is 1. The van der Waals surface area contributed by atoms with Crippen LogP contribution < -0.4 is 10.6 Å². The van der Waals surface area contributed by atoms with E-state index >= 15 is 0 Å². The first-order chi connectivity index (χ1) is 10.1. The number of rotatable bonds is 6. The summed E-state index contributed by atoms with van der Waals surface area (Å²) in [6.07, 6.45) is 5.13. The molecular weight excluding hydrogens is 274 g/mol. The van der Waals surface area contributed by atoms with E-state index in [2.05, 4.69) is 15.6 Å². The van der Waals surface area contributed by atoms with E-state index in [1.54, 1.807) is 18.7 Å². The Kier molecular flexibility index (Phi) is 4.50. The number of nitrogens with zero attached hydrogens (tertiary/aromatic N) is 3. The van der Waals surface area contributed by atoms with Crippen LogP contribution in [-0.2, 0) is 6.54 Å². The summed E-state index contributed by atoms with van der Waals surface area (Å²) in [6.45, 7) is 1.09. The van der Waals surface area contributed by atoms with Gasteiger partial charge < -0.3 is 15.2 Å². The van der Waals surface area contributed by atoms with Gasteiger partial charge in [-0.3, -0.25) is 14.9 Å². The van der Waals surface area contributed by atoms with E-state index in [1.165, 1.54) is 25.2 Å². The highest BCUT2D eigenvalue weighted by Crippen LogP contribution is 2.25. The van der Waals surface area contributed by atoms with E-state index in [1.807, 2.05) is 4.57 Å². The summed E-state index contributed by atoms with van der Waals surface area (Å²) in [6, 6.07) is 4.23. The summed E-state index contributed by atoms with van der Waals surface area (Å²) in [5.74, 6) is -0.289. The molecule has 0 saturated heterocycles. The molecule has 0 aliphatic heterocycles. The van der Waals surface area contributed by atoms with Gasteiger partial charge in [0.25, 0.3) is 11.6 Å². The number of benzene rings is 1. The Bertz CT molecular complexity index is 639. The van der Waals surface area contributed by atoms with Gasteiger partial charge in [-0.1, -0.05) is 0 Å². The number of aromatic nitrogens is 2. The van der Waals surface area contributed by atoms with E-state index in [0.29, 0.717) is 24.3 Å². The zero-order valence-corrected chi connectivity index (χ0v) is 11.4. The van der Waals surface area contributed by atoms with E-state index in [4.69, 9.17) is 0 Å². The number of imidazole rings is 1. The number of hydrogen-bond acceptors (Lipinski definition) is 5. The van der Waals surface area contributed by atoms with Gasteiger partial charge in [0.2, 0.25) is 0 Å². The summed E-state index contributed by atoms with van der Waals surface area (Å²) in [5, 5.41) is 16.5. The lowest BCUT2D eigenvalue weighted by Crippen LogP contribution is -2.18. The molecule has 0 aliphatic carbocycles. The molecular formula is C13H15N5O3. The molecule has 0 fully saturated rings. The second-order valence-electron chi connectivity index (χ2n) is 4.30. The molecule has 110 valence electrons. The lowest BCUT2D eigenvalue weighted by atomic mass is 10.1. The van der Waals surface area contributed by atoms with Gasteiger partial charge in [-0.25, -0.2) is 4.98 Å². The van der Waals surface area contributed by atoms with E-state index in [0.717, 1.165) is 0 Å². The van der Waals surface area contributed by atoms with Crippen LogP contribution in [0.4, 0.5) is 11.4 Å². The van der Waals surface area contributed by atoms with Crippen molar-refractivity contribution in [2.45, 2.75) is 6.54 Å². The fourth-order valence-corrected chi connectivity index (χ4v) is 1.86. The van der Waals surface area contributed by atoms with Crippen LogP contribution in [0, 0.1) is 10.1 Å². The SMILES string of the molecule is CNC(=O)c1ccc([N+](=O)[O-])c(NCCn2ccnc2)c1. The molecule has 0 saturated carbocycles. The highest BCUT2D eigenvalue weighted by molar-refractivity contribution is 5.95. The maximum atomic E-state index is 11.6. The molecule has 0 spiro atoms. The topological polar surface area (TPSA) is 102 Å². The Morgan fingerprint density at radius 1 is 1.48 bits per heavy atom. The molecule has 2 N–H and O–H groups in total. The Hall–Kier alpha value is -2.90. The quantitative estimate of drug-likeness (QED) is 0.615. The second-order valence-corrected chi connectivity index (χ2v) is 4.30. The van der Waals surface area contributed by atoms with Crippen molar-refractivity contribution in [1.82, 2.24) is 14.9 Å². The van der Waals surface area contributed by atoms with Crippen LogP contribution in [0.15, 0.2) is 36.9 Å². The predicted octanol–water partition coefficient (Wildman–Crippen LogP) is 1.26. The highest BCUT2D eigenvalue weighted by Gasteiger charge is 2.16. The first kappa shape index (κ1) is 14.5. The number of carbonyl (C=O) groups excluding carboxylic acids is 1. The minimum Gasteiger partial charge on any atom is -0.378 e. The summed E-state index contributed by atoms with van der Waals surface area (Å²) in [7, 11) is 1.51. The highest BCUT2D eigenvalue weighted by atomic mass is 16.6. The normalized spacial score (nSPS) is 10.1. The maximum Gasteiger partial charge on any atom is 0.292 e. The first-order valence-electron chi connectivity index (χ1n) is 6.32. The van der Waals surface area contributed by atoms with Crippen LogP contribution in [0.1, 0.15) is 10.4 Å². The van der Waals surface area contributed by atoms with Gasteiger partial charge in [-0.2, -0.15) is 0 Å². The number of nitro groups is 1. The molecule has 1 amide bonds. The minimum absolute atomic E-state index is 0.0618. The molecule has 0 atom stereocenters. The molecule has 8 heteroatoms. The lowest BCUT2D eigenvalue weighted by molar-refractivity contribution is -0.384. The molecule has 8 nitrogen and oxygen atoms in total. The van der Waals surface area contributed by atoms with E-state index in [9.17, 15) is 14.9 Å². The molecule has 0 bridgehead atoms. The summed E-state index contributed by atoms with van der Waals surface area (Å²) < 4.78 is 1.85. The molecule has 0 radical (unpaired) electrons. The fraction of sp³-hybridized carbons (Fsp3) is 0.231. The average Bonchev–Trinajstić information content (AvgIpc) is 2.99. The van der Waals surface area contributed by atoms with Gasteiger partial charge in [0, 0.05) is 44.2 Å². The van der Waals surface area contributed by atoms with E-state index < -0.39 is 4.92 Å². The average molecular weight is 289 g/mol. The van der Waals surface area contributed by atoms with Crippen molar-refractivity contribution in [3.63, 3.8) is 0 Å². The van der Waals surface area contributed by atoms with Gasteiger partial charge in [0.1, 0.15) is 5.69 Å². The zero-order chi connectivity index (χ0) is 15.2. The Balaban J connectivity index is 2.14. The fourth-order valence-electron chi connectivity index (χ4n) is 1.86. The molecule has 1 heterocycles. The number of anilines is 1.